The minimum Gasteiger partial charge on any atom is -0.297 e. The van der Waals surface area contributed by atoms with Crippen molar-refractivity contribution in [2.45, 2.75) is 18.5 Å². The highest BCUT2D eigenvalue weighted by Gasteiger charge is 2.32. The van der Waals surface area contributed by atoms with Crippen molar-refractivity contribution in [3.8, 4) is 6.07 Å². The first kappa shape index (κ1) is 18.3. The number of nitriles is 1. The van der Waals surface area contributed by atoms with Crippen molar-refractivity contribution < 1.29 is 18.0 Å². The van der Waals surface area contributed by atoms with E-state index in [4.69, 9.17) is 23.2 Å². The summed E-state index contributed by atoms with van der Waals surface area (Å²) in [5.41, 5.74) is -0.495. The van der Waals surface area contributed by atoms with Crippen LogP contribution < -0.4 is 0 Å². The molecule has 0 amide bonds. The van der Waals surface area contributed by atoms with Crippen molar-refractivity contribution in [3.63, 3.8) is 0 Å². The molecule has 0 saturated carbocycles. The monoisotopic (exact) mass is 371 g/mol. The van der Waals surface area contributed by atoms with Crippen molar-refractivity contribution in [3.05, 3.63) is 69.2 Å². The highest BCUT2D eigenvalue weighted by molar-refractivity contribution is 6.42. The molecule has 2 aromatic carbocycles. The first-order valence-electron chi connectivity index (χ1n) is 6.76. The summed E-state index contributed by atoms with van der Waals surface area (Å²) in [4.78, 5) is 12.4. The number of hydrogen-bond acceptors (Lipinski definition) is 2. The van der Waals surface area contributed by atoms with Gasteiger partial charge in [0, 0.05) is 6.42 Å². The summed E-state index contributed by atoms with van der Waals surface area (Å²) >= 11 is 11.9. The molecule has 24 heavy (non-hydrogen) atoms. The van der Waals surface area contributed by atoms with Crippen molar-refractivity contribution in [2.75, 3.05) is 0 Å². The molecule has 2 rings (SSSR count). The van der Waals surface area contributed by atoms with Gasteiger partial charge < -0.3 is 0 Å². The number of carbonyl (C=O) groups is 1. The molecule has 2 nitrogen and oxygen atoms in total. The van der Waals surface area contributed by atoms with Crippen LogP contribution in [0.3, 0.4) is 0 Å². The Hall–Kier alpha value is -2.03. The predicted molar refractivity (Wildman–Crippen MR) is 85.0 cm³/mol. The number of benzene rings is 2. The Bertz CT molecular complexity index is 812. The van der Waals surface area contributed by atoms with Crippen LogP contribution in [0.25, 0.3) is 0 Å². The van der Waals surface area contributed by atoms with Crippen LogP contribution in [0.5, 0.6) is 0 Å². The predicted octanol–water partition coefficient (Wildman–Crippen LogP) is 5.43. The summed E-state index contributed by atoms with van der Waals surface area (Å²) in [7, 11) is 0. The van der Waals surface area contributed by atoms with Crippen LogP contribution in [0.1, 0.15) is 22.6 Å². The summed E-state index contributed by atoms with van der Waals surface area (Å²) < 4.78 is 38.3. The minimum atomic E-state index is -4.55. The molecule has 0 heterocycles. The van der Waals surface area contributed by atoms with E-state index in [-0.39, 0.29) is 22.0 Å². The van der Waals surface area contributed by atoms with E-state index in [2.05, 4.69) is 0 Å². The summed E-state index contributed by atoms with van der Waals surface area (Å²) in [5, 5.41) is 9.68. The van der Waals surface area contributed by atoms with Crippen LogP contribution in [-0.2, 0) is 17.4 Å². The molecule has 1 atom stereocenters. The van der Waals surface area contributed by atoms with Crippen LogP contribution in [0.15, 0.2) is 42.5 Å². The van der Waals surface area contributed by atoms with Crippen LogP contribution in [-0.4, -0.2) is 5.78 Å². The van der Waals surface area contributed by atoms with E-state index in [1.165, 1.54) is 12.1 Å². The van der Waals surface area contributed by atoms with Crippen molar-refractivity contribution in [2.24, 2.45) is 0 Å². The molecule has 0 N–H and O–H groups in total. The standard InChI is InChI=1S/C17H10Cl2F3NO/c18-14-6-2-4-11(16(14)19)8-15(24)13(9-23)10-3-1-5-12(7-10)17(20,21)22/h1-7,13H,8H2. The lowest BCUT2D eigenvalue weighted by atomic mass is 9.91. The van der Waals surface area contributed by atoms with Gasteiger partial charge in [0.1, 0.15) is 5.92 Å². The second-order valence-electron chi connectivity index (χ2n) is 5.04. The number of halogens is 5. The average molecular weight is 372 g/mol. The molecule has 0 saturated heterocycles. The second-order valence-corrected chi connectivity index (χ2v) is 5.83. The van der Waals surface area contributed by atoms with Crippen LogP contribution in [0.2, 0.25) is 10.0 Å². The molecule has 1 unspecified atom stereocenters. The Morgan fingerprint density at radius 2 is 1.83 bits per heavy atom. The van der Waals surface area contributed by atoms with E-state index < -0.39 is 23.4 Å². The number of rotatable bonds is 4. The molecule has 0 aliphatic rings. The van der Waals surface area contributed by atoms with Gasteiger partial charge in [-0.3, -0.25) is 4.79 Å². The molecule has 0 aliphatic heterocycles. The van der Waals surface area contributed by atoms with Gasteiger partial charge in [0.2, 0.25) is 0 Å². The molecule has 0 fully saturated rings. The molecule has 0 aliphatic carbocycles. The zero-order valence-electron chi connectivity index (χ0n) is 12.1. The van der Waals surface area contributed by atoms with Gasteiger partial charge in [-0.25, -0.2) is 0 Å². The third kappa shape index (κ3) is 4.08. The van der Waals surface area contributed by atoms with E-state index in [1.807, 2.05) is 0 Å². The van der Waals surface area contributed by atoms with Crippen molar-refractivity contribution in [1.82, 2.24) is 0 Å². The van der Waals surface area contributed by atoms with Crippen molar-refractivity contribution in [1.29, 1.82) is 5.26 Å². The van der Waals surface area contributed by atoms with Gasteiger partial charge in [0.25, 0.3) is 0 Å². The van der Waals surface area contributed by atoms with E-state index in [9.17, 15) is 23.2 Å². The van der Waals surface area contributed by atoms with Gasteiger partial charge in [-0.1, -0.05) is 53.5 Å². The highest BCUT2D eigenvalue weighted by Crippen LogP contribution is 2.32. The van der Waals surface area contributed by atoms with Gasteiger partial charge in [0.05, 0.1) is 21.7 Å². The Morgan fingerprint density at radius 1 is 1.17 bits per heavy atom. The maximum atomic E-state index is 12.8. The maximum Gasteiger partial charge on any atom is 0.416 e. The Balaban J connectivity index is 2.30. The third-order valence-electron chi connectivity index (χ3n) is 3.39. The number of alkyl halides is 3. The van der Waals surface area contributed by atoms with Crippen LogP contribution >= 0.6 is 23.2 Å². The lowest BCUT2D eigenvalue weighted by Crippen LogP contribution is -2.15. The maximum absolute atomic E-state index is 12.8. The van der Waals surface area contributed by atoms with Crippen LogP contribution in [0.4, 0.5) is 13.2 Å². The number of nitrogens with zero attached hydrogens (tertiary/aromatic N) is 1. The minimum absolute atomic E-state index is 0.00419. The zero-order chi connectivity index (χ0) is 17.9. The molecule has 0 radical (unpaired) electrons. The molecular weight excluding hydrogens is 362 g/mol. The third-order valence-corrected chi connectivity index (χ3v) is 4.25. The second kappa shape index (κ2) is 7.25. The van der Waals surface area contributed by atoms with Crippen LogP contribution in [0, 0.1) is 11.3 Å². The number of Topliss-reactive ketones (excluding diaryl/α,β-unsaturated/α-hetero) is 1. The van der Waals surface area contributed by atoms with Gasteiger partial charge in [0.15, 0.2) is 5.78 Å². The molecule has 0 bridgehead atoms. The summed E-state index contributed by atoms with van der Waals surface area (Å²) in [6, 6.07) is 10.7. The van der Waals surface area contributed by atoms with Gasteiger partial charge in [-0.15, -0.1) is 0 Å². The fourth-order valence-corrected chi connectivity index (χ4v) is 2.59. The number of hydrogen-bond donors (Lipinski definition) is 0. The fraction of sp³-hybridized carbons (Fsp3) is 0.176. The topological polar surface area (TPSA) is 40.9 Å². The normalized spacial score (nSPS) is 12.5. The fourth-order valence-electron chi connectivity index (χ4n) is 2.20. The molecule has 124 valence electrons. The first-order valence-corrected chi connectivity index (χ1v) is 7.52. The molecule has 0 aromatic heterocycles. The van der Waals surface area contributed by atoms with E-state index in [0.29, 0.717) is 5.56 Å². The molecule has 7 heteroatoms. The quantitative estimate of drug-likeness (QED) is 0.718. The van der Waals surface area contributed by atoms with E-state index in [1.54, 1.807) is 24.3 Å². The molecule has 2 aromatic rings. The summed E-state index contributed by atoms with van der Waals surface area (Å²) in [6.07, 6.45) is -4.75. The molecule has 0 spiro atoms. The average Bonchev–Trinajstić information content (AvgIpc) is 2.52. The summed E-state index contributed by atoms with van der Waals surface area (Å²) in [5.74, 6) is -1.87. The Labute approximate surface area is 146 Å². The van der Waals surface area contributed by atoms with Gasteiger partial charge >= 0.3 is 6.18 Å². The van der Waals surface area contributed by atoms with Crippen molar-refractivity contribution >= 4 is 29.0 Å². The number of carbonyl (C=O) groups excluding carboxylic acids is 1. The van der Waals surface area contributed by atoms with Gasteiger partial charge in [-0.05, 0) is 23.3 Å². The first-order chi connectivity index (χ1) is 11.2. The van der Waals surface area contributed by atoms with E-state index >= 15 is 0 Å². The van der Waals surface area contributed by atoms with Gasteiger partial charge in [-0.2, -0.15) is 18.4 Å². The number of ketones is 1. The smallest absolute Gasteiger partial charge is 0.297 e. The summed E-state index contributed by atoms with van der Waals surface area (Å²) in [6.45, 7) is 0. The largest absolute Gasteiger partial charge is 0.416 e. The lowest BCUT2D eigenvalue weighted by Gasteiger charge is -2.13. The Kier molecular flexibility index (Phi) is 5.53. The van der Waals surface area contributed by atoms with E-state index in [0.717, 1.165) is 12.1 Å². The lowest BCUT2D eigenvalue weighted by molar-refractivity contribution is -0.137. The zero-order valence-corrected chi connectivity index (χ0v) is 13.6. The highest BCUT2D eigenvalue weighted by atomic mass is 35.5. The Morgan fingerprint density at radius 3 is 2.46 bits per heavy atom. The molecular formula is C17H10Cl2F3NO. The SMILES string of the molecule is N#CC(C(=O)Cc1cccc(Cl)c1Cl)c1cccc(C(F)(F)F)c1.